The minimum absolute atomic E-state index is 0.0490. The van der Waals surface area contributed by atoms with Gasteiger partial charge in [-0.3, -0.25) is 14.5 Å². The van der Waals surface area contributed by atoms with Gasteiger partial charge in [0.15, 0.2) is 0 Å². The van der Waals surface area contributed by atoms with Gasteiger partial charge in [-0.25, -0.2) is 0 Å². The van der Waals surface area contributed by atoms with Gasteiger partial charge in [-0.15, -0.1) is 0 Å². The summed E-state index contributed by atoms with van der Waals surface area (Å²) in [4.78, 5) is 26.2. The first kappa shape index (κ1) is 18.8. The van der Waals surface area contributed by atoms with Gasteiger partial charge in [-0.1, -0.05) is 0 Å². The molecule has 2 heterocycles. The van der Waals surface area contributed by atoms with Gasteiger partial charge in [0.1, 0.15) is 0 Å². The standard InChI is InChI=1S/C18H26N4O4/c23-17(11-16-13-26-8-5-19-16)20-14-1-3-15(4-2-14)21-18(24)12-22-6-9-25-10-7-22/h1-4,16,19H,5-13H2,(H,20,23)(H,21,24). The van der Waals surface area contributed by atoms with E-state index in [-0.39, 0.29) is 17.9 Å². The van der Waals surface area contributed by atoms with Gasteiger partial charge in [-0.2, -0.15) is 0 Å². The fourth-order valence-corrected chi connectivity index (χ4v) is 2.99. The third-order valence-corrected chi connectivity index (χ3v) is 4.35. The molecule has 1 atom stereocenters. The summed E-state index contributed by atoms with van der Waals surface area (Å²) in [6, 6.07) is 7.20. The van der Waals surface area contributed by atoms with Crippen molar-refractivity contribution >= 4 is 23.2 Å². The number of amides is 2. The highest BCUT2D eigenvalue weighted by Crippen LogP contribution is 2.14. The van der Waals surface area contributed by atoms with E-state index in [1.54, 1.807) is 24.3 Å². The minimum atomic E-state index is -0.0582. The zero-order valence-corrected chi connectivity index (χ0v) is 14.8. The van der Waals surface area contributed by atoms with Crippen LogP contribution in [0.4, 0.5) is 11.4 Å². The van der Waals surface area contributed by atoms with Crippen LogP contribution in [0.5, 0.6) is 0 Å². The molecule has 8 heteroatoms. The highest BCUT2D eigenvalue weighted by molar-refractivity contribution is 5.93. The number of hydrogen-bond donors (Lipinski definition) is 3. The molecule has 0 saturated carbocycles. The Bertz CT molecular complexity index is 543. The van der Waals surface area contributed by atoms with Gasteiger partial charge in [0.05, 0.1) is 33.0 Å². The van der Waals surface area contributed by atoms with Crippen molar-refractivity contribution in [3.05, 3.63) is 24.3 Å². The lowest BCUT2D eigenvalue weighted by Crippen LogP contribution is -2.43. The molecule has 0 bridgehead atoms. The first-order valence-electron chi connectivity index (χ1n) is 9.00. The Hall–Kier alpha value is -2.00. The Morgan fingerprint density at radius 1 is 1.00 bits per heavy atom. The number of rotatable bonds is 6. The Kier molecular flexibility index (Phi) is 6.96. The van der Waals surface area contributed by atoms with Crippen LogP contribution in [0.25, 0.3) is 0 Å². The molecule has 1 unspecified atom stereocenters. The summed E-state index contributed by atoms with van der Waals surface area (Å²) in [7, 11) is 0. The smallest absolute Gasteiger partial charge is 0.238 e. The summed E-state index contributed by atoms with van der Waals surface area (Å²) in [5.74, 6) is -0.107. The summed E-state index contributed by atoms with van der Waals surface area (Å²) >= 11 is 0. The van der Waals surface area contributed by atoms with E-state index in [4.69, 9.17) is 9.47 Å². The fourth-order valence-electron chi connectivity index (χ4n) is 2.99. The highest BCUT2D eigenvalue weighted by Gasteiger charge is 2.17. The van der Waals surface area contributed by atoms with Gasteiger partial charge >= 0.3 is 0 Å². The molecule has 0 aromatic heterocycles. The number of hydrogen-bond acceptors (Lipinski definition) is 6. The number of nitrogens with one attached hydrogen (secondary N) is 3. The Labute approximate surface area is 153 Å². The molecule has 26 heavy (non-hydrogen) atoms. The predicted octanol–water partition coefficient (Wildman–Crippen LogP) is 0.274. The second kappa shape index (κ2) is 9.63. The van der Waals surface area contributed by atoms with Gasteiger partial charge in [0.25, 0.3) is 0 Å². The lowest BCUT2D eigenvalue weighted by Gasteiger charge is -2.25. The molecule has 3 N–H and O–H groups in total. The number of morpholine rings is 2. The van der Waals surface area contributed by atoms with E-state index in [2.05, 4.69) is 20.9 Å². The topological polar surface area (TPSA) is 91.9 Å². The molecule has 2 fully saturated rings. The monoisotopic (exact) mass is 362 g/mol. The normalized spacial score (nSPS) is 21.2. The van der Waals surface area contributed by atoms with Crippen LogP contribution in [-0.4, -0.2) is 75.4 Å². The number of carbonyl (C=O) groups excluding carboxylic acids is 2. The molecule has 0 radical (unpaired) electrons. The van der Waals surface area contributed by atoms with Gasteiger partial charge in [0, 0.05) is 43.5 Å². The molecule has 2 aliphatic rings. The SMILES string of the molecule is O=C(CC1COCCN1)Nc1ccc(NC(=O)CN2CCOCC2)cc1. The van der Waals surface area contributed by atoms with Crippen molar-refractivity contribution in [1.82, 2.24) is 10.2 Å². The molecule has 1 aromatic rings. The average molecular weight is 362 g/mol. The zero-order chi connectivity index (χ0) is 18.2. The van der Waals surface area contributed by atoms with Crippen LogP contribution in [-0.2, 0) is 19.1 Å². The molecule has 2 saturated heterocycles. The predicted molar refractivity (Wildman–Crippen MR) is 98.2 cm³/mol. The number of anilines is 2. The van der Waals surface area contributed by atoms with E-state index < -0.39 is 0 Å². The summed E-state index contributed by atoms with van der Waals surface area (Å²) in [6.07, 6.45) is 0.373. The second-order valence-corrected chi connectivity index (χ2v) is 6.49. The molecule has 1 aromatic carbocycles. The number of carbonyl (C=O) groups is 2. The van der Waals surface area contributed by atoms with Crippen LogP contribution in [0, 0.1) is 0 Å². The van der Waals surface area contributed by atoms with Crippen LogP contribution in [0.3, 0.4) is 0 Å². The summed E-state index contributed by atoms with van der Waals surface area (Å²) < 4.78 is 10.6. The quantitative estimate of drug-likeness (QED) is 0.673. The van der Waals surface area contributed by atoms with E-state index in [0.717, 1.165) is 19.6 Å². The molecular weight excluding hydrogens is 336 g/mol. The van der Waals surface area contributed by atoms with Crippen molar-refractivity contribution in [1.29, 1.82) is 0 Å². The molecule has 2 aliphatic heterocycles. The number of ether oxygens (including phenoxy) is 2. The van der Waals surface area contributed by atoms with Crippen molar-refractivity contribution in [3.63, 3.8) is 0 Å². The summed E-state index contributed by atoms with van der Waals surface area (Å²) in [5, 5.41) is 9.00. The Balaban J connectivity index is 1.42. The molecule has 0 spiro atoms. The molecule has 8 nitrogen and oxygen atoms in total. The van der Waals surface area contributed by atoms with Crippen molar-refractivity contribution in [3.8, 4) is 0 Å². The molecule has 142 valence electrons. The number of nitrogens with zero attached hydrogens (tertiary/aromatic N) is 1. The maximum atomic E-state index is 12.1. The van der Waals surface area contributed by atoms with Crippen LogP contribution in [0.1, 0.15) is 6.42 Å². The first-order valence-corrected chi connectivity index (χ1v) is 9.00. The number of benzene rings is 1. The van der Waals surface area contributed by atoms with Crippen molar-refractivity contribution in [2.24, 2.45) is 0 Å². The Morgan fingerprint density at radius 3 is 2.27 bits per heavy atom. The van der Waals surface area contributed by atoms with E-state index in [9.17, 15) is 9.59 Å². The van der Waals surface area contributed by atoms with Crippen LogP contribution in [0.15, 0.2) is 24.3 Å². The van der Waals surface area contributed by atoms with Crippen molar-refractivity contribution in [2.45, 2.75) is 12.5 Å². The zero-order valence-electron chi connectivity index (χ0n) is 14.8. The maximum absolute atomic E-state index is 12.1. The fraction of sp³-hybridized carbons (Fsp3) is 0.556. The highest BCUT2D eigenvalue weighted by atomic mass is 16.5. The third-order valence-electron chi connectivity index (χ3n) is 4.35. The van der Waals surface area contributed by atoms with Gasteiger partial charge < -0.3 is 25.4 Å². The largest absolute Gasteiger partial charge is 0.379 e. The summed E-state index contributed by atoms with van der Waals surface area (Å²) in [5.41, 5.74) is 1.42. The summed E-state index contributed by atoms with van der Waals surface area (Å²) in [6.45, 7) is 5.28. The van der Waals surface area contributed by atoms with Gasteiger partial charge in [-0.05, 0) is 24.3 Å². The molecule has 3 rings (SSSR count). The first-order chi connectivity index (χ1) is 12.7. The van der Waals surface area contributed by atoms with Crippen molar-refractivity contribution < 1.29 is 19.1 Å². The van der Waals surface area contributed by atoms with Gasteiger partial charge in [0.2, 0.25) is 11.8 Å². The molecule has 2 amide bonds. The molecular formula is C18H26N4O4. The maximum Gasteiger partial charge on any atom is 0.238 e. The van der Waals surface area contributed by atoms with E-state index in [0.29, 0.717) is 50.8 Å². The van der Waals surface area contributed by atoms with Crippen LogP contribution in [0.2, 0.25) is 0 Å². The second-order valence-electron chi connectivity index (χ2n) is 6.49. The van der Waals surface area contributed by atoms with Crippen LogP contribution < -0.4 is 16.0 Å². The molecule has 0 aliphatic carbocycles. The van der Waals surface area contributed by atoms with Crippen molar-refractivity contribution in [2.75, 3.05) is 63.2 Å². The van der Waals surface area contributed by atoms with E-state index >= 15 is 0 Å². The van der Waals surface area contributed by atoms with E-state index in [1.165, 1.54) is 0 Å². The lowest BCUT2D eigenvalue weighted by molar-refractivity contribution is -0.118. The lowest BCUT2D eigenvalue weighted by atomic mass is 10.2. The Morgan fingerprint density at radius 2 is 1.65 bits per heavy atom. The third kappa shape index (κ3) is 6.06. The van der Waals surface area contributed by atoms with E-state index in [1.807, 2.05) is 0 Å². The van der Waals surface area contributed by atoms with Crippen LogP contribution >= 0.6 is 0 Å². The minimum Gasteiger partial charge on any atom is -0.379 e. The average Bonchev–Trinajstić information content (AvgIpc) is 2.65.